The van der Waals surface area contributed by atoms with Gasteiger partial charge in [0.15, 0.2) is 6.29 Å². The van der Waals surface area contributed by atoms with Crippen LogP contribution >= 0.6 is 0 Å². The van der Waals surface area contributed by atoms with Crippen molar-refractivity contribution in [3.05, 3.63) is 95.1 Å². The highest BCUT2D eigenvalue weighted by atomic mass is 16.7. The minimum atomic E-state index is -0.475. The summed E-state index contributed by atoms with van der Waals surface area (Å²) in [5.41, 5.74) is 6.20. The van der Waals surface area contributed by atoms with Crippen LogP contribution in [0.5, 0.6) is 0 Å². The van der Waals surface area contributed by atoms with Crippen molar-refractivity contribution in [3.8, 4) is 11.1 Å². The predicted octanol–water partition coefficient (Wildman–Crippen LogP) is 4.36. The van der Waals surface area contributed by atoms with E-state index < -0.39 is 6.29 Å². The Labute approximate surface area is 224 Å². The standard InChI is InChI=1S/C31H36N2O5/c1-22(35)32-19-24-3-2-4-28(17-24)25-9-11-27(12-10-25)31-37-29(20-33-13-15-36-16-14-33)18-30(38-31)26-7-5-23(21-34)6-8-26/h2-12,17,29-31,34H,13-16,18-21H2,1H3,(H,32,35)/t29-,30+,31+/m1/s1. The average molecular weight is 517 g/mol. The van der Waals surface area contributed by atoms with Gasteiger partial charge in [-0.05, 0) is 33.9 Å². The Hall–Kier alpha value is -3.07. The van der Waals surface area contributed by atoms with Gasteiger partial charge in [-0.25, -0.2) is 0 Å². The molecule has 5 rings (SSSR count). The first-order valence-corrected chi connectivity index (χ1v) is 13.3. The van der Waals surface area contributed by atoms with E-state index in [2.05, 4.69) is 46.6 Å². The molecular formula is C31H36N2O5. The number of hydrogen-bond donors (Lipinski definition) is 2. The van der Waals surface area contributed by atoms with Crippen LogP contribution in [0, 0.1) is 0 Å². The van der Waals surface area contributed by atoms with Crippen LogP contribution in [0.15, 0.2) is 72.8 Å². The lowest BCUT2D eigenvalue weighted by molar-refractivity contribution is -0.253. The molecule has 0 aromatic heterocycles. The molecule has 7 heteroatoms. The van der Waals surface area contributed by atoms with Gasteiger partial charge in [0.05, 0.1) is 32.0 Å². The summed E-state index contributed by atoms with van der Waals surface area (Å²) in [6.07, 6.45) is 0.223. The Kier molecular flexibility index (Phi) is 8.83. The molecule has 38 heavy (non-hydrogen) atoms. The second-order valence-corrected chi connectivity index (χ2v) is 10.00. The zero-order valence-corrected chi connectivity index (χ0v) is 21.8. The molecule has 2 fully saturated rings. The second kappa shape index (κ2) is 12.7. The lowest BCUT2D eigenvalue weighted by Gasteiger charge is -2.39. The smallest absolute Gasteiger partial charge is 0.217 e. The van der Waals surface area contributed by atoms with Gasteiger partial charge in [0.25, 0.3) is 0 Å². The number of benzene rings is 3. The van der Waals surface area contributed by atoms with Crippen molar-refractivity contribution < 1.29 is 24.1 Å². The first kappa shape index (κ1) is 26.5. The molecule has 0 saturated carbocycles. The summed E-state index contributed by atoms with van der Waals surface area (Å²) in [6.45, 7) is 6.24. The number of rotatable bonds is 8. The van der Waals surface area contributed by atoms with Gasteiger partial charge in [-0.2, -0.15) is 0 Å². The number of nitrogens with one attached hydrogen (secondary N) is 1. The highest BCUT2D eigenvalue weighted by Crippen LogP contribution is 2.38. The zero-order chi connectivity index (χ0) is 26.3. The van der Waals surface area contributed by atoms with Crippen molar-refractivity contribution in [2.24, 2.45) is 0 Å². The molecule has 1 amide bonds. The molecule has 0 spiro atoms. The van der Waals surface area contributed by atoms with Gasteiger partial charge < -0.3 is 24.6 Å². The lowest BCUT2D eigenvalue weighted by Crippen LogP contribution is -2.44. The van der Waals surface area contributed by atoms with Crippen LogP contribution in [0.2, 0.25) is 0 Å². The molecule has 0 aliphatic carbocycles. The van der Waals surface area contributed by atoms with Gasteiger partial charge in [0.1, 0.15) is 0 Å². The third-order valence-corrected chi connectivity index (χ3v) is 7.17. The number of carbonyl (C=O) groups excluding carboxylic acids is 1. The Morgan fingerprint density at radius 1 is 0.921 bits per heavy atom. The molecule has 3 aromatic carbocycles. The van der Waals surface area contributed by atoms with E-state index in [0.29, 0.717) is 6.54 Å². The third kappa shape index (κ3) is 6.87. The summed E-state index contributed by atoms with van der Waals surface area (Å²) >= 11 is 0. The molecular weight excluding hydrogens is 480 g/mol. The summed E-state index contributed by atoms with van der Waals surface area (Å²) < 4.78 is 18.5. The fourth-order valence-corrected chi connectivity index (χ4v) is 5.02. The molecule has 2 saturated heterocycles. The first-order chi connectivity index (χ1) is 18.6. The fourth-order valence-electron chi connectivity index (χ4n) is 5.02. The Morgan fingerprint density at radius 3 is 2.37 bits per heavy atom. The van der Waals surface area contributed by atoms with E-state index in [1.54, 1.807) is 0 Å². The number of aliphatic hydroxyl groups is 1. The summed E-state index contributed by atoms with van der Waals surface area (Å²) in [4.78, 5) is 13.7. The highest BCUT2D eigenvalue weighted by molar-refractivity contribution is 5.73. The molecule has 2 aliphatic heterocycles. The molecule has 0 bridgehead atoms. The van der Waals surface area contributed by atoms with Crippen LogP contribution < -0.4 is 5.32 Å². The largest absolute Gasteiger partial charge is 0.392 e. The molecule has 2 heterocycles. The number of nitrogens with zero attached hydrogens (tertiary/aromatic N) is 1. The van der Waals surface area contributed by atoms with Crippen LogP contribution in [0.3, 0.4) is 0 Å². The van der Waals surface area contributed by atoms with Gasteiger partial charge >= 0.3 is 0 Å². The Balaban J connectivity index is 1.33. The van der Waals surface area contributed by atoms with E-state index >= 15 is 0 Å². The summed E-state index contributed by atoms with van der Waals surface area (Å²) in [5.74, 6) is -0.0400. The third-order valence-electron chi connectivity index (χ3n) is 7.17. The number of morpholine rings is 1. The van der Waals surface area contributed by atoms with Crippen molar-refractivity contribution in [2.45, 2.75) is 45.0 Å². The molecule has 3 atom stereocenters. The van der Waals surface area contributed by atoms with E-state index in [-0.39, 0.29) is 24.7 Å². The normalized spacial score (nSPS) is 22.2. The second-order valence-electron chi connectivity index (χ2n) is 10.00. The number of amides is 1. The van der Waals surface area contributed by atoms with E-state index in [9.17, 15) is 9.90 Å². The maximum absolute atomic E-state index is 11.3. The Bertz CT molecular complexity index is 1190. The van der Waals surface area contributed by atoms with Crippen molar-refractivity contribution in [3.63, 3.8) is 0 Å². The van der Waals surface area contributed by atoms with Crippen molar-refractivity contribution >= 4 is 5.91 Å². The van der Waals surface area contributed by atoms with E-state index in [0.717, 1.165) is 72.6 Å². The molecule has 3 aromatic rings. The van der Waals surface area contributed by atoms with Crippen LogP contribution in [-0.4, -0.2) is 54.9 Å². The van der Waals surface area contributed by atoms with E-state index in [1.165, 1.54) is 6.92 Å². The lowest BCUT2D eigenvalue weighted by atomic mass is 9.99. The number of aliphatic hydroxyl groups excluding tert-OH is 1. The predicted molar refractivity (Wildman–Crippen MR) is 145 cm³/mol. The molecule has 200 valence electrons. The minimum Gasteiger partial charge on any atom is -0.392 e. The minimum absolute atomic E-state index is 0.0273. The summed E-state index contributed by atoms with van der Waals surface area (Å²) in [7, 11) is 0. The highest BCUT2D eigenvalue weighted by Gasteiger charge is 2.33. The zero-order valence-electron chi connectivity index (χ0n) is 21.8. The maximum atomic E-state index is 11.3. The summed E-state index contributed by atoms with van der Waals surface area (Å²) in [6, 6.07) is 24.5. The van der Waals surface area contributed by atoms with Gasteiger partial charge in [-0.1, -0.05) is 66.7 Å². The SMILES string of the molecule is CC(=O)NCc1cccc(-c2ccc([C@H]3O[C@@H](CN4CCOCC4)C[C@@H](c4ccc(CO)cc4)O3)cc2)c1. The number of carbonyl (C=O) groups is 1. The van der Waals surface area contributed by atoms with Crippen molar-refractivity contribution in [2.75, 3.05) is 32.8 Å². The van der Waals surface area contributed by atoms with Crippen molar-refractivity contribution in [1.29, 1.82) is 0 Å². The van der Waals surface area contributed by atoms with Gasteiger partial charge in [-0.3, -0.25) is 9.69 Å². The van der Waals surface area contributed by atoms with Gasteiger partial charge in [0.2, 0.25) is 5.91 Å². The van der Waals surface area contributed by atoms with E-state index in [1.807, 2.05) is 36.4 Å². The van der Waals surface area contributed by atoms with Gasteiger partial charge in [0, 0.05) is 45.1 Å². The number of hydrogen-bond acceptors (Lipinski definition) is 6. The van der Waals surface area contributed by atoms with Crippen LogP contribution in [0.1, 0.15) is 48.0 Å². The summed E-state index contributed by atoms with van der Waals surface area (Å²) in [5, 5.41) is 12.3. The van der Waals surface area contributed by atoms with E-state index in [4.69, 9.17) is 14.2 Å². The topological polar surface area (TPSA) is 80.3 Å². The average Bonchev–Trinajstić information content (AvgIpc) is 2.97. The molecule has 7 nitrogen and oxygen atoms in total. The molecule has 2 N–H and O–H groups in total. The van der Waals surface area contributed by atoms with Crippen LogP contribution in [0.4, 0.5) is 0 Å². The quantitative estimate of drug-likeness (QED) is 0.463. The van der Waals surface area contributed by atoms with Crippen molar-refractivity contribution in [1.82, 2.24) is 10.2 Å². The maximum Gasteiger partial charge on any atom is 0.217 e. The molecule has 2 aliphatic rings. The first-order valence-electron chi connectivity index (χ1n) is 13.3. The molecule has 0 radical (unpaired) electrons. The fraction of sp³-hybridized carbons (Fsp3) is 0.387. The van der Waals surface area contributed by atoms with Gasteiger partial charge in [-0.15, -0.1) is 0 Å². The Morgan fingerprint density at radius 2 is 1.66 bits per heavy atom. The van der Waals surface area contributed by atoms with Crippen LogP contribution in [-0.2, 0) is 32.2 Å². The number of ether oxygens (including phenoxy) is 3. The monoisotopic (exact) mass is 516 g/mol. The molecule has 0 unspecified atom stereocenters. The van der Waals surface area contributed by atoms with Crippen LogP contribution in [0.25, 0.3) is 11.1 Å².